The van der Waals surface area contributed by atoms with Crippen LogP contribution in [0.3, 0.4) is 0 Å². The molecule has 6 heteroatoms. The fourth-order valence-corrected chi connectivity index (χ4v) is 2.00. The summed E-state index contributed by atoms with van der Waals surface area (Å²) in [6.07, 6.45) is 0.582. The zero-order valence-electron chi connectivity index (χ0n) is 12.3. The Kier molecular flexibility index (Phi) is 5.19. The van der Waals surface area contributed by atoms with Crippen molar-refractivity contribution in [3.63, 3.8) is 0 Å². The van der Waals surface area contributed by atoms with Crippen LogP contribution >= 0.6 is 0 Å². The molecule has 0 aliphatic rings. The summed E-state index contributed by atoms with van der Waals surface area (Å²) in [5.41, 5.74) is 1.89. The lowest BCUT2D eigenvalue weighted by Crippen LogP contribution is -2.37. The second-order valence-electron chi connectivity index (χ2n) is 4.92. The zero-order valence-corrected chi connectivity index (χ0v) is 12.3. The van der Waals surface area contributed by atoms with Crippen LogP contribution in [0.5, 0.6) is 0 Å². The highest BCUT2D eigenvalue weighted by Gasteiger charge is 2.19. The van der Waals surface area contributed by atoms with E-state index in [9.17, 15) is 9.59 Å². The summed E-state index contributed by atoms with van der Waals surface area (Å²) in [7, 11) is 0. The second kappa shape index (κ2) is 7.31. The van der Waals surface area contributed by atoms with Crippen molar-refractivity contribution < 1.29 is 14.7 Å². The molecule has 22 heavy (non-hydrogen) atoms. The third-order valence-electron chi connectivity index (χ3n) is 3.14. The number of nitrogens with zero attached hydrogens (tertiary/aromatic N) is 3. The zero-order chi connectivity index (χ0) is 15.9. The van der Waals surface area contributed by atoms with Crippen LogP contribution in [0.15, 0.2) is 42.5 Å². The van der Waals surface area contributed by atoms with Crippen LogP contribution in [-0.2, 0) is 11.2 Å². The Bertz CT molecular complexity index is 641. The predicted molar refractivity (Wildman–Crippen MR) is 80.5 cm³/mol. The van der Waals surface area contributed by atoms with Gasteiger partial charge in [0.15, 0.2) is 5.69 Å². The molecule has 0 bridgehead atoms. The fraction of sp³-hybridized carbons (Fsp3) is 0.250. The van der Waals surface area contributed by atoms with E-state index >= 15 is 0 Å². The van der Waals surface area contributed by atoms with Crippen LogP contribution in [0.25, 0.3) is 0 Å². The first-order valence-corrected chi connectivity index (χ1v) is 6.91. The number of rotatable bonds is 6. The van der Waals surface area contributed by atoms with Gasteiger partial charge in [-0.15, -0.1) is 5.10 Å². The average Bonchev–Trinajstić information content (AvgIpc) is 2.52. The summed E-state index contributed by atoms with van der Waals surface area (Å²) < 4.78 is 0. The van der Waals surface area contributed by atoms with Crippen LogP contribution in [0.1, 0.15) is 21.7 Å². The normalized spacial score (nSPS) is 10.2. The molecule has 0 saturated carbocycles. The van der Waals surface area contributed by atoms with Crippen molar-refractivity contribution in [3.8, 4) is 0 Å². The van der Waals surface area contributed by atoms with E-state index in [1.165, 1.54) is 4.90 Å². The van der Waals surface area contributed by atoms with E-state index < -0.39 is 11.9 Å². The number of hydrogen-bond acceptors (Lipinski definition) is 4. The molecular weight excluding hydrogens is 282 g/mol. The Labute approximate surface area is 128 Å². The third-order valence-corrected chi connectivity index (χ3v) is 3.14. The van der Waals surface area contributed by atoms with Gasteiger partial charge in [0.05, 0.1) is 5.69 Å². The van der Waals surface area contributed by atoms with Crippen molar-refractivity contribution in [3.05, 3.63) is 59.4 Å². The largest absolute Gasteiger partial charge is 0.480 e. The van der Waals surface area contributed by atoms with Gasteiger partial charge in [-0.3, -0.25) is 9.59 Å². The first-order valence-electron chi connectivity index (χ1n) is 6.91. The molecule has 1 N–H and O–H groups in total. The highest BCUT2D eigenvalue weighted by atomic mass is 16.4. The van der Waals surface area contributed by atoms with Crippen molar-refractivity contribution in [2.24, 2.45) is 0 Å². The number of amides is 1. The van der Waals surface area contributed by atoms with Crippen molar-refractivity contribution in [1.29, 1.82) is 0 Å². The minimum absolute atomic E-state index is 0.153. The molecule has 6 nitrogen and oxygen atoms in total. The molecule has 0 aliphatic carbocycles. The van der Waals surface area contributed by atoms with Gasteiger partial charge in [-0.2, -0.15) is 5.10 Å². The highest BCUT2D eigenvalue weighted by molar-refractivity contribution is 5.93. The number of aryl methyl sites for hydroxylation is 1. The number of carboxylic acids is 1. The average molecular weight is 299 g/mol. The van der Waals surface area contributed by atoms with E-state index in [1.807, 2.05) is 30.3 Å². The van der Waals surface area contributed by atoms with Gasteiger partial charge in [0, 0.05) is 6.54 Å². The minimum Gasteiger partial charge on any atom is -0.480 e. The van der Waals surface area contributed by atoms with E-state index in [0.29, 0.717) is 18.7 Å². The molecule has 0 saturated heterocycles. The molecule has 0 radical (unpaired) electrons. The summed E-state index contributed by atoms with van der Waals surface area (Å²) in [6, 6.07) is 12.8. The summed E-state index contributed by atoms with van der Waals surface area (Å²) in [4.78, 5) is 24.6. The lowest BCUT2D eigenvalue weighted by molar-refractivity contribution is -0.137. The summed E-state index contributed by atoms with van der Waals surface area (Å²) in [5, 5.41) is 16.7. The van der Waals surface area contributed by atoms with Crippen molar-refractivity contribution in [2.75, 3.05) is 13.1 Å². The molecule has 0 atom stereocenters. The maximum Gasteiger partial charge on any atom is 0.323 e. The fourth-order valence-electron chi connectivity index (χ4n) is 2.00. The van der Waals surface area contributed by atoms with Crippen LogP contribution in [0.4, 0.5) is 0 Å². The Morgan fingerprint density at radius 1 is 1.09 bits per heavy atom. The SMILES string of the molecule is Cc1ccc(C(=O)N(CCc2ccccc2)CC(=O)O)nn1. The van der Waals surface area contributed by atoms with E-state index in [2.05, 4.69) is 10.2 Å². The number of aliphatic carboxylic acids is 1. The molecule has 1 heterocycles. The number of hydrogen-bond donors (Lipinski definition) is 1. The molecule has 2 rings (SSSR count). The lowest BCUT2D eigenvalue weighted by Gasteiger charge is -2.20. The topological polar surface area (TPSA) is 83.4 Å². The monoisotopic (exact) mass is 299 g/mol. The maximum atomic E-state index is 12.4. The van der Waals surface area contributed by atoms with Gasteiger partial charge in [0.25, 0.3) is 5.91 Å². The molecule has 0 aliphatic heterocycles. The minimum atomic E-state index is -1.05. The van der Waals surface area contributed by atoms with Gasteiger partial charge >= 0.3 is 5.97 Å². The molecule has 1 aromatic heterocycles. The van der Waals surface area contributed by atoms with Crippen LogP contribution in [-0.4, -0.2) is 45.2 Å². The number of aromatic nitrogens is 2. The molecule has 0 spiro atoms. The first kappa shape index (κ1) is 15.6. The van der Waals surface area contributed by atoms with Gasteiger partial charge in [0.1, 0.15) is 6.54 Å². The maximum absolute atomic E-state index is 12.4. The molecule has 2 aromatic rings. The number of carbonyl (C=O) groups excluding carboxylic acids is 1. The molecular formula is C16H17N3O3. The number of carbonyl (C=O) groups is 2. The van der Waals surface area contributed by atoms with Gasteiger partial charge in [-0.1, -0.05) is 30.3 Å². The first-order chi connectivity index (χ1) is 10.6. The van der Waals surface area contributed by atoms with Crippen molar-refractivity contribution >= 4 is 11.9 Å². The standard InChI is InChI=1S/C16H17N3O3/c1-12-7-8-14(18-17-12)16(22)19(11-15(20)21)10-9-13-5-3-2-4-6-13/h2-8H,9-11H2,1H3,(H,20,21). The third kappa shape index (κ3) is 4.37. The van der Waals surface area contributed by atoms with Crippen LogP contribution in [0.2, 0.25) is 0 Å². The van der Waals surface area contributed by atoms with E-state index in [-0.39, 0.29) is 12.2 Å². The lowest BCUT2D eigenvalue weighted by atomic mass is 10.1. The molecule has 1 amide bonds. The van der Waals surface area contributed by atoms with E-state index in [1.54, 1.807) is 19.1 Å². The molecule has 1 aromatic carbocycles. The van der Waals surface area contributed by atoms with Crippen LogP contribution in [0, 0.1) is 6.92 Å². The number of carboxylic acid groups (broad SMARTS) is 1. The highest BCUT2D eigenvalue weighted by Crippen LogP contribution is 2.06. The summed E-state index contributed by atoms with van der Waals surface area (Å²) >= 11 is 0. The Hall–Kier alpha value is -2.76. The quantitative estimate of drug-likeness (QED) is 0.875. The summed E-state index contributed by atoms with van der Waals surface area (Å²) in [5.74, 6) is -1.48. The van der Waals surface area contributed by atoms with E-state index in [0.717, 1.165) is 5.56 Å². The Morgan fingerprint density at radius 2 is 1.82 bits per heavy atom. The van der Waals surface area contributed by atoms with Gasteiger partial charge in [-0.05, 0) is 31.0 Å². The Balaban J connectivity index is 2.09. The molecule has 114 valence electrons. The smallest absolute Gasteiger partial charge is 0.323 e. The molecule has 0 unspecified atom stereocenters. The van der Waals surface area contributed by atoms with Gasteiger partial charge < -0.3 is 10.0 Å². The van der Waals surface area contributed by atoms with Gasteiger partial charge in [0.2, 0.25) is 0 Å². The Morgan fingerprint density at radius 3 is 2.41 bits per heavy atom. The molecule has 0 fully saturated rings. The summed E-state index contributed by atoms with van der Waals surface area (Å²) in [6.45, 7) is 1.72. The van der Waals surface area contributed by atoms with Crippen molar-refractivity contribution in [1.82, 2.24) is 15.1 Å². The second-order valence-corrected chi connectivity index (χ2v) is 4.92. The van der Waals surface area contributed by atoms with Crippen LogP contribution < -0.4 is 0 Å². The predicted octanol–water partition coefficient (Wildman–Crippen LogP) is 1.55. The number of benzene rings is 1. The van der Waals surface area contributed by atoms with Gasteiger partial charge in [-0.25, -0.2) is 0 Å². The van der Waals surface area contributed by atoms with E-state index in [4.69, 9.17) is 5.11 Å². The van der Waals surface area contributed by atoms with Crippen molar-refractivity contribution in [2.45, 2.75) is 13.3 Å².